The number of rotatable bonds is 2. The van der Waals surface area contributed by atoms with Crippen molar-refractivity contribution < 1.29 is 9.59 Å². The molecular weight excluding hydrogens is 398 g/mol. The molecule has 5 rings (SSSR count). The molecular formula is C24H20ClN3O2. The Hall–Kier alpha value is -3.31. The summed E-state index contributed by atoms with van der Waals surface area (Å²) < 4.78 is 0. The molecule has 0 aliphatic carbocycles. The minimum atomic E-state index is -0.969. The molecule has 3 aromatic rings. The first-order chi connectivity index (χ1) is 14.6. The van der Waals surface area contributed by atoms with E-state index in [0.29, 0.717) is 35.8 Å². The third-order valence-corrected chi connectivity index (χ3v) is 6.09. The normalized spacial score (nSPS) is 20.0. The number of fused-ring (bicyclic) bond motifs is 3. The molecule has 5 nitrogen and oxygen atoms in total. The van der Waals surface area contributed by atoms with Crippen LogP contribution in [0.4, 0.5) is 10.5 Å². The molecule has 30 heavy (non-hydrogen) atoms. The third kappa shape index (κ3) is 2.70. The van der Waals surface area contributed by atoms with Crippen LogP contribution in [0.25, 0.3) is 0 Å². The van der Waals surface area contributed by atoms with Crippen molar-refractivity contribution in [1.82, 2.24) is 9.80 Å². The van der Waals surface area contributed by atoms with Crippen LogP contribution in [0.2, 0.25) is 5.02 Å². The fraction of sp³-hybridized carbons (Fsp3) is 0.167. The van der Waals surface area contributed by atoms with Gasteiger partial charge in [0.05, 0.1) is 0 Å². The molecule has 2 aliphatic rings. The Kier molecular flexibility index (Phi) is 4.48. The van der Waals surface area contributed by atoms with E-state index in [-0.39, 0.29) is 11.9 Å². The fourth-order valence-electron chi connectivity index (χ4n) is 4.62. The van der Waals surface area contributed by atoms with Crippen molar-refractivity contribution in [1.29, 1.82) is 0 Å². The van der Waals surface area contributed by atoms with Crippen LogP contribution in [-0.2, 0) is 5.66 Å². The fourth-order valence-corrected chi connectivity index (χ4v) is 4.75. The topological polar surface area (TPSA) is 52.7 Å². The highest BCUT2D eigenvalue weighted by molar-refractivity contribution is 6.30. The number of halogens is 1. The summed E-state index contributed by atoms with van der Waals surface area (Å²) in [6.45, 7) is 1.12. The number of benzene rings is 3. The second-order valence-corrected chi connectivity index (χ2v) is 7.92. The SMILES string of the molecule is O=C(Nc1ccc(Cl)cc1)N1CCCN2C(=O)c3ccccc3C12c1ccccc1. The van der Waals surface area contributed by atoms with Gasteiger partial charge < -0.3 is 10.2 Å². The van der Waals surface area contributed by atoms with Crippen molar-refractivity contribution in [2.75, 3.05) is 18.4 Å². The van der Waals surface area contributed by atoms with Crippen LogP contribution in [0.1, 0.15) is 27.9 Å². The number of amides is 3. The van der Waals surface area contributed by atoms with Gasteiger partial charge in [-0.05, 0) is 36.8 Å². The first kappa shape index (κ1) is 18.7. The van der Waals surface area contributed by atoms with E-state index in [4.69, 9.17) is 11.6 Å². The molecule has 1 saturated heterocycles. The number of urea groups is 1. The molecule has 1 unspecified atom stereocenters. The Morgan fingerprint density at radius 2 is 1.60 bits per heavy atom. The number of hydrogen-bond donors (Lipinski definition) is 1. The quantitative estimate of drug-likeness (QED) is 0.642. The van der Waals surface area contributed by atoms with Crippen LogP contribution in [0.5, 0.6) is 0 Å². The predicted octanol–water partition coefficient (Wildman–Crippen LogP) is 4.93. The van der Waals surface area contributed by atoms with Crippen LogP contribution >= 0.6 is 11.6 Å². The molecule has 0 saturated carbocycles. The molecule has 1 atom stereocenters. The van der Waals surface area contributed by atoms with Crippen molar-refractivity contribution >= 4 is 29.2 Å². The maximum Gasteiger partial charge on any atom is 0.324 e. The Morgan fingerprint density at radius 1 is 0.900 bits per heavy atom. The van der Waals surface area contributed by atoms with Crippen molar-refractivity contribution in [3.05, 3.63) is 101 Å². The second kappa shape index (κ2) is 7.18. The summed E-state index contributed by atoms with van der Waals surface area (Å²) in [6.07, 6.45) is 0.711. The molecule has 3 amide bonds. The van der Waals surface area contributed by atoms with Crippen molar-refractivity contribution in [2.24, 2.45) is 0 Å². The standard InChI is InChI=1S/C24H20ClN3O2/c25-18-11-13-19(14-12-18)26-23(30)28-16-6-15-27-22(29)20-9-4-5-10-21(20)24(27,28)17-7-2-1-3-8-17/h1-5,7-14H,6,15-16H2,(H,26,30). The Balaban J connectivity index is 1.66. The van der Waals surface area contributed by atoms with Gasteiger partial charge in [-0.2, -0.15) is 0 Å². The lowest BCUT2D eigenvalue weighted by molar-refractivity contribution is -0.0100. The van der Waals surface area contributed by atoms with Gasteiger partial charge in [-0.15, -0.1) is 0 Å². The average Bonchev–Trinajstić information content (AvgIpc) is 3.06. The number of carbonyl (C=O) groups is 2. The molecule has 3 aromatic carbocycles. The number of anilines is 1. The van der Waals surface area contributed by atoms with Gasteiger partial charge in [0.2, 0.25) is 0 Å². The number of carbonyl (C=O) groups excluding carboxylic acids is 2. The molecule has 1 fully saturated rings. The number of nitrogens with one attached hydrogen (secondary N) is 1. The lowest BCUT2D eigenvalue weighted by Gasteiger charge is -2.51. The van der Waals surface area contributed by atoms with Crippen molar-refractivity contribution in [3.63, 3.8) is 0 Å². The summed E-state index contributed by atoms with van der Waals surface area (Å²) in [5.41, 5.74) is 2.07. The van der Waals surface area contributed by atoms with E-state index in [9.17, 15) is 9.59 Å². The Morgan fingerprint density at radius 3 is 2.37 bits per heavy atom. The summed E-state index contributed by atoms with van der Waals surface area (Å²) in [4.78, 5) is 30.5. The first-order valence-electron chi connectivity index (χ1n) is 9.93. The lowest BCUT2D eigenvalue weighted by atomic mass is 9.87. The zero-order valence-corrected chi connectivity index (χ0v) is 17.0. The van der Waals surface area contributed by atoms with Crippen LogP contribution in [0.3, 0.4) is 0 Å². The molecule has 0 radical (unpaired) electrons. The molecule has 2 aliphatic heterocycles. The molecule has 0 aromatic heterocycles. The Labute approximate surface area is 179 Å². The van der Waals surface area contributed by atoms with Gasteiger partial charge in [-0.25, -0.2) is 4.79 Å². The largest absolute Gasteiger partial charge is 0.324 e. The van der Waals surface area contributed by atoms with Crippen LogP contribution < -0.4 is 5.32 Å². The van der Waals surface area contributed by atoms with Gasteiger partial charge >= 0.3 is 6.03 Å². The maximum absolute atomic E-state index is 13.5. The zero-order valence-electron chi connectivity index (χ0n) is 16.2. The summed E-state index contributed by atoms with van der Waals surface area (Å²) in [6, 6.07) is 24.1. The summed E-state index contributed by atoms with van der Waals surface area (Å²) in [5, 5.41) is 3.59. The molecule has 0 spiro atoms. The maximum atomic E-state index is 13.5. The summed E-state index contributed by atoms with van der Waals surface area (Å²) in [5.74, 6) is -0.0431. The van der Waals surface area contributed by atoms with Crippen molar-refractivity contribution in [3.8, 4) is 0 Å². The van der Waals surface area contributed by atoms with Gasteiger partial charge in [0.1, 0.15) is 0 Å². The highest BCUT2D eigenvalue weighted by atomic mass is 35.5. The average molecular weight is 418 g/mol. The van der Waals surface area contributed by atoms with Gasteiger partial charge in [0.25, 0.3) is 5.91 Å². The second-order valence-electron chi connectivity index (χ2n) is 7.48. The van der Waals surface area contributed by atoms with Crippen LogP contribution in [0.15, 0.2) is 78.9 Å². The number of nitrogens with zero attached hydrogens (tertiary/aromatic N) is 2. The van der Waals surface area contributed by atoms with E-state index in [0.717, 1.165) is 11.1 Å². The van der Waals surface area contributed by atoms with Gasteiger partial charge in [-0.1, -0.05) is 60.1 Å². The zero-order chi connectivity index (χ0) is 20.7. The molecule has 2 heterocycles. The highest BCUT2D eigenvalue weighted by Gasteiger charge is 2.57. The smallest absolute Gasteiger partial charge is 0.308 e. The highest BCUT2D eigenvalue weighted by Crippen LogP contribution is 2.48. The molecule has 6 heteroatoms. The lowest BCUT2D eigenvalue weighted by Crippen LogP contribution is -2.63. The first-order valence-corrected chi connectivity index (χ1v) is 10.3. The minimum Gasteiger partial charge on any atom is -0.308 e. The molecule has 1 N–H and O–H groups in total. The van der Waals surface area contributed by atoms with Crippen LogP contribution in [-0.4, -0.2) is 34.8 Å². The van der Waals surface area contributed by atoms with Gasteiger partial charge in [0, 0.05) is 40.5 Å². The Bertz CT molecular complexity index is 1120. The van der Waals surface area contributed by atoms with Crippen molar-refractivity contribution in [2.45, 2.75) is 12.1 Å². The summed E-state index contributed by atoms with van der Waals surface area (Å²) in [7, 11) is 0. The van der Waals surface area contributed by atoms with E-state index >= 15 is 0 Å². The van der Waals surface area contributed by atoms with E-state index in [2.05, 4.69) is 5.32 Å². The van der Waals surface area contributed by atoms with E-state index < -0.39 is 5.66 Å². The predicted molar refractivity (Wildman–Crippen MR) is 116 cm³/mol. The third-order valence-electron chi connectivity index (χ3n) is 5.84. The van der Waals surface area contributed by atoms with Crippen LogP contribution in [0, 0.1) is 0 Å². The van der Waals surface area contributed by atoms with Gasteiger partial charge in [0.15, 0.2) is 5.66 Å². The summed E-state index contributed by atoms with van der Waals surface area (Å²) >= 11 is 5.98. The number of hydrogen-bond acceptors (Lipinski definition) is 2. The van der Waals surface area contributed by atoms with E-state index in [1.54, 1.807) is 29.2 Å². The van der Waals surface area contributed by atoms with Gasteiger partial charge in [-0.3, -0.25) is 9.69 Å². The minimum absolute atomic E-state index is 0.0431. The van der Waals surface area contributed by atoms with E-state index in [1.807, 2.05) is 59.5 Å². The van der Waals surface area contributed by atoms with E-state index in [1.165, 1.54) is 0 Å². The monoisotopic (exact) mass is 417 g/mol. The molecule has 150 valence electrons. The molecule has 0 bridgehead atoms.